The summed E-state index contributed by atoms with van der Waals surface area (Å²) in [6.45, 7) is 5.39. The van der Waals surface area contributed by atoms with Gasteiger partial charge in [0.2, 0.25) is 0 Å². The van der Waals surface area contributed by atoms with Crippen LogP contribution < -0.4 is 0 Å². The number of hydrogen-bond donors (Lipinski definition) is 0. The predicted octanol–water partition coefficient (Wildman–Crippen LogP) is 3.65. The molecule has 0 bridgehead atoms. The minimum Gasteiger partial charge on any atom is -0.468 e. The van der Waals surface area contributed by atoms with Crippen LogP contribution in [0.3, 0.4) is 0 Å². The molecule has 0 saturated carbocycles. The van der Waals surface area contributed by atoms with Crippen molar-refractivity contribution in [2.45, 2.75) is 44.4 Å². The third-order valence-electron chi connectivity index (χ3n) is 5.86. The molecule has 1 spiro atoms. The van der Waals surface area contributed by atoms with Gasteiger partial charge in [-0.3, -0.25) is 9.88 Å². The van der Waals surface area contributed by atoms with Crippen molar-refractivity contribution in [3.05, 3.63) is 54.2 Å². The Morgan fingerprint density at radius 3 is 2.92 bits per heavy atom. The number of ether oxygens (including phenoxy) is 2. The number of hydrogen-bond acceptors (Lipinski definition) is 5. The first-order valence-corrected chi connectivity index (χ1v) is 9.69. The molecule has 2 aromatic heterocycles. The molecule has 0 N–H and O–H groups in total. The van der Waals surface area contributed by atoms with Crippen LogP contribution in [-0.4, -0.2) is 41.8 Å². The summed E-state index contributed by atoms with van der Waals surface area (Å²) in [5.41, 5.74) is 1.20. The Kier molecular flexibility index (Phi) is 5.68. The quantitative estimate of drug-likeness (QED) is 0.709. The van der Waals surface area contributed by atoms with E-state index in [1.165, 1.54) is 0 Å². The Morgan fingerprint density at radius 2 is 2.15 bits per heavy atom. The zero-order chi connectivity index (χ0) is 17.7. The van der Waals surface area contributed by atoms with Crippen LogP contribution in [-0.2, 0) is 22.6 Å². The first-order valence-electron chi connectivity index (χ1n) is 9.69. The van der Waals surface area contributed by atoms with Crippen molar-refractivity contribution < 1.29 is 13.9 Å². The molecular formula is C21H28N2O3. The van der Waals surface area contributed by atoms with Crippen molar-refractivity contribution in [3.8, 4) is 0 Å². The molecule has 140 valence electrons. The van der Waals surface area contributed by atoms with Gasteiger partial charge in [0.1, 0.15) is 5.76 Å². The van der Waals surface area contributed by atoms with Crippen molar-refractivity contribution >= 4 is 0 Å². The van der Waals surface area contributed by atoms with Crippen molar-refractivity contribution in [1.82, 2.24) is 9.88 Å². The summed E-state index contributed by atoms with van der Waals surface area (Å²) in [6.07, 6.45) is 9.88. The Labute approximate surface area is 155 Å². The van der Waals surface area contributed by atoms with Gasteiger partial charge in [0, 0.05) is 38.7 Å². The number of rotatable bonds is 7. The van der Waals surface area contributed by atoms with Gasteiger partial charge < -0.3 is 13.9 Å². The highest BCUT2D eigenvalue weighted by Gasteiger charge is 2.45. The van der Waals surface area contributed by atoms with Crippen LogP contribution in [0.1, 0.15) is 37.0 Å². The largest absolute Gasteiger partial charge is 0.468 e. The van der Waals surface area contributed by atoms with Gasteiger partial charge in [0.05, 0.1) is 25.0 Å². The van der Waals surface area contributed by atoms with Gasteiger partial charge in [-0.2, -0.15) is 0 Å². The molecule has 2 aromatic rings. The van der Waals surface area contributed by atoms with Crippen LogP contribution in [0.25, 0.3) is 0 Å². The number of likely N-dealkylation sites (tertiary alicyclic amines) is 1. The summed E-state index contributed by atoms with van der Waals surface area (Å²) < 4.78 is 17.6. The SMILES string of the molecule is c1cncc(COCC[C@H]2CCOC23CCN(Cc2ccco2)CC3)c1. The van der Waals surface area contributed by atoms with E-state index in [9.17, 15) is 0 Å². The Morgan fingerprint density at radius 1 is 1.23 bits per heavy atom. The van der Waals surface area contributed by atoms with Gasteiger partial charge in [-0.25, -0.2) is 0 Å². The molecule has 0 radical (unpaired) electrons. The van der Waals surface area contributed by atoms with Gasteiger partial charge in [0.15, 0.2) is 0 Å². The van der Waals surface area contributed by atoms with E-state index in [0.717, 1.165) is 69.9 Å². The van der Waals surface area contributed by atoms with Gasteiger partial charge in [-0.05, 0) is 55.4 Å². The number of aromatic nitrogens is 1. The third-order valence-corrected chi connectivity index (χ3v) is 5.86. The molecule has 2 aliphatic rings. The van der Waals surface area contributed by atoms with Crippen molar-refractivity contribution in [3.63, 3.8) is 0 Å². The first-order chi connectivity index (χ1) is 12.8. The monoisotopic (exact) mass is 356 g/mol. The lowest BCUT2D eigenvalue weighted by atomic mass is 9.78. The molecule has 4 rings (SSSR count). The number of pyridine rings is 1. The third kappa shape index (κ3) is 4.17. The summed E-state index contributed by atoms with van der Waals surface area (Å²) in [5, 5.41) is 0. The maximum absolute atomic E-state index is 6.28. The Bertz CT molecular complexity index is 651. The fourth-order valence-electron chi connectivity index (χ4n) is 4.36. The molecule has 0 aromatic carbocycles. The standard InChI is InChI=1S/C21H28N2O3/c1-3-18(15-22-9-1)17-24-13-5-19-6-14-26-21(19)7-10-23(11-8-21)16-20-4-2-12-25-20/h1-4,9,12,15,19H,5-8,10-11,13-14,16-17H2/t19-/m0/s1. The van der Waals surface area contributed by atoms with Gasteiger partial charge in [0.25, 0.3) is 0 Å². The van der Waals surface area contributed by atoms with Gasteiger partial charge in [-0.1, -0.05) is 6.07 Å². The summed E-state index contributed by atoms with van der Waals surface area (Å²) in [6, 6.07) is 8.03. The molecule has 2 aliphatic heterocycles. The first kappa shape index (κ1) is 17.7. The maximum atomic E-state index is 6.28. The average Bonchev–Trinajstić information content (AvgIpc) is 3.32. The Balaban J connectivity index is 1.23. The van der Waals surface area contributed by atoms with Crippen LogP contribution >= 0.6 is 0 Å². The van der Waals surface area contributed by atoms with E-state index in [4.69, 9.17) is 13.9 Å². The summed E-state index contributed by atoms with van der Waals surface area (Å²) in [5.74, 6) is 1.66. The average molecular weight is 356 g/mol. The molecule has 4 heterocycles. The van der Waals surface area contributed by atoms with E-state index in [-0.39, 0.29) is 5.60 Å². The smallest absolute Gasteiger partial charge is 0.117 e. The Hall–Kier alpha value is -1.69. The minimum absolute atomic E-state index is 0.0668. The van der Waals surface area contributed by atoms with Crippen molar-refractivity contribution in [2.75, 3.05) is 26.3 Å². The highest BCUT2D eigenvalue weighted by Crippen LogP contribution is 2.42. The molecule has 1 atom stereocenters. The number of furan rings is 1. The van der Waals surface area contributed by atoms with Crippen molar-refractivity contribution in [1.29, 1.82) is 0 Å². The van der Waals surface area contributed by atoms with Crippen LogP contribution in [0.2, 0.25) is 0 Å². The topological polar surface area (TPSA) is 47.7 Å². The molecule has 0 unspecified atom stereocenters. The lowest BCUT2D eigenvalue weighted by molar-refractivity contribution is -0.0740. The highest BCUT2D eigenvalue weighted by atomic mass is 16.5. The minimum atomic E-state index is 0.0668. The normalized spacial score (nSPS) is 22.8. The summed E-state index contributed by atoms with van der Waals surface area (Å²) >= 11 is 0. The van der Waals surface area contributed by atoms with E-state index in [2.05, 4.69) is 22.0 Å². The second-order valence-corrected chi connectivity index (χ2v) is 7.46. The second-order valence-electron chi connectivity index (χ2n) is 7.46. The van der Waals surface area contributed by atoms with Crippen LogP contribution in [0.15, 0.2) is 47.3 Å². The predicted molar refractivity (Wildman–Crippen MR) is 98.5 cm³/mol. The maximum Gasteiger partial charge on any atom is 0.117 e. The van der Waals surface area contributed by atoms with Gasteiger partial charge >= 0.3 is 0 Å². The number of nitrogens with zero attached hydrogens (tertiary/aromatic N) is 2. The fraction of sp³-hybridized carbons (Fsp3) is 0.571. The lowest BCUT2D eigenvalue weighted by Crippen LogP contribution is -2.47. The lowest BCUT2D eigenvalue weighted by Gasteiger charge is -2.42. The summed E-state index contributed by atoms with van der Waals surface area (Å²) in [4.78, 5) is 6.61. The molecule has 26 heavy (non-hydrogen) atoms. The van der Waals surface area contributed by atoms with Crippen LogP contribution in [0.5, 0.6) is 0 Å². The zero-order valence-electron chi connectivity index (χ0n) is 15.3. The fourth-order valence-corrected chi connectivity index (χ4v) is 4.36. The molecule has 2 fully saturated rings. The van der Waals surface area contributed by atoms with Crippen LogP contribution in [0.4, 0.5) is 0 Å². The van der Waals surface area contributed by atoms with Crippen LogP contribution in [0, 0.1) is 5.92 Å². The molecule has 5 heteroatoms. The second kappa shape index (κ2) is 8.33. The van der Waals surface area contributed by atoms with E-state index in [1.54, 1.807) is 12.5 Å². The molecular weight excluding hydrogens is 328 g/mol. The van der Waals surface area contributed by atoms with E-state index >= 15 is 0 Å². The van der Waals surface area contributed by atoms with E-state index < -0.39 is 0 Å². The van der Waals surface area contributed by atoms with E-state index in [1.807, 2.05) is 18.3 Å². The zero-order valence-corrected chi connectivity index (χ0v) is 15.3. The molecule has 0 aliphatic carbocycles. The molecule has 5 nitrogen and oxygen atoms in total. The molecule has 2 saturated heterocycles. The summed E-state index contributed by atoms with van der Waals surface area (Å²) in [7, 11) is 0. The van der Waals surface area contributed by atoms with Crippen molar-refractivity contribution in [2.24, 2.45) is 5.92 Å². The molecule has 0 amide bonds. The van der Waals surface area contributed by atoms with Gasteiger partial charge in [-0.15, -0.1) is 0 Å². The number of piperidine rings is 1. The van der Waals surface area contributed by atoms with E-state index in [0.29, 0.717) is 12.5 Å². The highest BCUT2D eigenvalue weighted by molar-refractivity contribution is 5.06.